The van der Waals surface area contributed by atoms with Gasteiger partial charge in [0.1, 0.15) is 0 Å². The van der Waals surface area contributed by atoms with Gasteiger partial charge in [-0.3, -0.25) is 10.1 Å². The van der Waals surface area contributed by atoms with E-state index in [4.69, 9.17) is 4.74 Å². The standard InChI is InChI=1S/C16H23N3O4/c1-11-3-7-17-15(13(11)19(21)22)18-10-12-2-4-16(14(12)20)5-8-23-9-6-16/h3,7,12,14,20H,2,4-6,8-10H2,1H3,(H,17,18)/t12-,14+/m0/s1. The largest absolute Gasteiger partial charge is 0.392 e. The van der Waals surface area contributed by atoms with Crippen LogP contribution in [0.4, 0.5) is 11.5 Å². The Morgan fingerprint density at radius 1 is 1.48 bits per heavy atom. The summed E-state index contributed by atoms with van der Waals surface area (Å²) in [6.07, 6.45) is 4.89. The van der Waals surface area contributed by atoms with Crippen LogP contribution < -0.4 is 5.32 Å². The summed E-state index contributed by atoms with van der Waals surface area (Å²) >= 11 is 0. The summed E-state index contributed by atoms with van der Waals surface area (Å²) in [4.78, 5) is 14.9. The number of nitro groups is 1. The highest BCUT2D eigenvalue weighted by molar-refractivity contribution is 5.59. The average Bonchev–Trinajstić information content (AvgIpc) is 2.82. The van der Waals surface area contributed by atoms with Gasteiger partial charge >= 0.3 is 5.69 Å². The summed E-state index contributed by atoms with van der Waals surface area (Å²) in [5, 5.41) is 25.0. The van der Waals surface area contributed by atoms with Crippen LogP contribution in [0, 0.1) is 28.4 Å². The number of pyridine rings is 1. The van der Waals surface area contributed by atoms with Gasteiger partial charge in [0, 0.05) is 42.9 Å². The van der Waals surface area contributed by atoms with Crippen molar-refractivity contribution in [1.82, 2.24) is 4.98 Å². The third-order valence-corrected chi connectivity index (χ3v) is 5.42. The summed E-state index contributed by atoms with van der Waals surface area (Å²) in [7, 11) is 0. The molecule has 0 radical (unpaired) electrons. The second-order valence-electron chi connectivity index (χ2n) is 6.68. The number of hydrogen-bond donors (Lipinski definition) is 2. The van der Waals surface area contributed by atoms with Crippen molar-refractivity contribution in [3.8, 4) is 0 Å². The monoisotopic (exact) mass is 321 g/mol. The molecule has 23 heavy (non-hydrogen) atoms. The molecule has 0 aromatic carbocycles. The Morgan fingerprint density at radius 3 is 2.91 bits per heavy atom. The molecule has 1 saturated heterocycles. The molecular weight excluding hydrogens is 298 g/mol. The number of aliphatic hydroxyl groups is 1. The van der Waals surface area contributed by atoms with E-state index in [1.54, 1.807) is 19.2 Å². The number of rotatable bonds is 4. The predicted octanol–water partition coefficient (Wildman–Crippen LogP) is 2.28. The average molecular weight is 321 g/mol. The van der Waals surface area contributed by atoms with E-state index < -0.39 is 4.92 Å². The van der Waals surface area contributed by atoms with Crippen molar-refractivity contribution in [2.45, 2.75) is 38.7 Å². The summed E-state index contributed by atoms with van der Waals surface area (Å²) < 4.78 is 5.41. The van der Waals surface area contributed by atoms with E-state index in [1.807, 2.05) is 0 Å². The van der Waals surface area contributed by atoms with E-state index in [0.29, 0.717) is 25.3 Å². The van der Waals surface area contributed by atoms with E-state index in [9.17, 15) is 15.2 Å². The second-order valence-corrected chi connectivity index (χ2v) is 6.68. The number of aromatic nitrogens is 1. The smallest absolute Gasteiger partial charge is 0.314 e. The van der Waals surface area contributed by atoms with Crippen molar-refractivity contribution in [3.63, 3.8) is 0 Å². The van der Waals surface area contributed by atoms with Gasteiger partial charge in [-0.15, -0.1) is 0 Å². The fraction of sp³-hybridized carbons (Fsp3) is 0.688. The van der Waals surface area contributed by atoms with Crippen LogP contribution in [0.5, 0.6) is 0 Å². The quantitative estimate of drug-likeness (QED) is 0.652. The Bertz CT molecular complexity index is 587. The Labute approximate surface area is 135 Å². The molecule has 1 aromatic heterocycles. The molecule has 2 N–H and O–H groups in total. The molecule has 2 aliphatic rings. The minimum absolute atomic E-state index is 0.0146. The van der Waals surface area contributed by atoms with Crippen molar-refractivity contribution in [2.75, 3.05) is 25.1 Å². The number of hydrogen-bond acceptors (Lipinski definition) is 6. The van der Waals surface area contributed by atoms with E-state index in [0.717, 1.165) is 25.7 Å². The topological polar surface area (TPSA) is 97.5 Å². The van der Waals surface area contributed by atoms with Gasteiger partial charge in [0.25, 0.3) is 0 Å². The lowest BCUT2D eigenvalue weighted by Gasteiger charge is -2.37. The molecule has 1 spiro atoms. The fourth-order valence-electron chi connectivity index (χ4n) is 3.95. The maximum absolute atomic E-state index is 11.2. The summed E-state index contributed by atoms with van der Waals surface area (Å²) in [5.74, 6) is 0.380. The molecular formula is C16H23N3O4. The maximum atomic E-state index is 11.2. The molecule has 1 aliphatic carbocycles. The third-order valence-electron chi connectivity index (χ3n) is 5.42. The first-order valence-corrected chi connectivity index (χ1v) is 8.13. The molecule has 1 saturated carbocycles. The highest BCUT2D eigenvalue weighted by Gasteiger charge is 2.48. The zero-order valence-electron chi connectivity index (χ0n) is 13.3. The molecule has 2 heterocycles. The number of ether oxygens (including phenoxy) is 1. The Kier molecular flexibility index (Phi) is 4.50. The van der Waals surface area contributed by atoms with Crippen LogP contribution in [-0.2, 0) is 4.74 Å². The molecule has 0 unspecified atom stereocenters. The van der Waals surface area contributed by atoms with Gasteiger partial charge in [-0.25, -0.2) is 4.98 Å². The minimum Gasteiger partial charge on any atom is -0.392 e. The van der Waals surface area contributed by atoms with Gasteiger partial charge in [-0.1, -0.05) is 0 Å². The van der Waals surface area contributed by atoms with Crippen molar-refractivity contribution in [3.05, 3.63) is 27.9 Å². The predicted molar refractivity (Wildman–Crippen MR) is 85.3 cm³/mol. The molecule has 2 atom stereocenters. The number of nitrogens with one attached hydrogen (secondary N) is 1. The van der Waals surface area contributed by atoms with E-state index in [1.165, 1.54) is 0 Å². The van der Waals surface area contributed by atoms with Crippen LogP contribution >= 0.6 is 0 Å². The highest BCUT2D eigenvalue weighted by Crippen LogP contribution is 2.48. The molecule has 0 amide bonds. The van der Waals surface area contributed by atoms with Crippen molar-refractivity contribution >= 4 is 11.5 Å². The third kappa shape index (κ3) is 3.03. The SMILES string of the molecule is Cc1ccnc(NC[C@@H]2CCC3(CCOCC3)[C@@H]2O)c1[N+](=O)[O-]. The lowest BCUT2D eigenvalue weighted by molar-refractivity contribution is -0.384. The van der Waals surface area contributed by atoms with Crippen LogP contribution in [-0.4, -0.2) is 40.9 Å². The highest BCUT2D eigenvalue weighted by atomic mass is 16.6. The molecule has 1 aliphatic heterocycles. The molecule has 0 bridgehead atoms. The molecule has 7 nitrogen and oxygen atoms in total. The first-order chi connectivity index (χ1) is 11.0. The summed E-state index contributed by atoms with van der Waals surface area (Å²) in [6, 6.07) is 1.63. The van der Waals surface area contributed by atoms with Crippen LogP contribution in [0.1, 0.15) is 31.2 Å². The van der Waals surface area contributed by atoms with Crippen molar-refractivity contribution in [1.29, 1.82) is 0 Å². The van der Waals surface area contributed by atoms with Crippen molar-refractivity contribution < 1.29 is 14.8 Å². The lowest BCUT2D eigenvalue weighted by atomic mass is 9.76. The summed E-state index contributed by atoms with van der Waals surface area (Å²) in [5.41, 5.74) is 0.567. The molecule has 2 fully saturated rings. The maximum Gasteiger partial charge on any atom is 0.314 e. The number of aliphatic hydroxyl groups excluding tert-OH is 1. The van der Waals surface area contributed by atoms with Crippen LogP contribution in [0.2, 0.25) is 0 Å². The summed E-state index contributed by atoms with van der Waals surface area (Å²) in [6.45, 7) is 3.62. The Morgan fingerprint density at radius 2 is 2.22 bits per heavy atom. The number of anilines is 1. The van der Waals surface area contributed by atoms with E-state index in [-0.39, 0.29) is 28.9 Å². The number of nitrogens with zero attached hydrogens (tertiary/aromatic N) is 2. The van der Waals surface area contributed by atoms with Crippen LogP contribution in [0.25, 0.3) is 0 Å². The molecule has 1 aromatic rings. The van der Waals surface area contributed by atoms with E-state index >= 15 is 0 Å². The van der Waals surface area contributed by atoms with Gasteiger partial charge in [0.05, 0.1) is 11.0 Å². The lowest BCUT2D eigenvalue weighted by Crippen LogP contribution is -2.40. The van der Waals surface area contributed by atoms with Gasteiger partial charge in [-0.2, -0.15) is 0 Å². The van der Waals surface area contributed by atoms with Crippen LogP contribution in [0.15, 0.2) is 12.3 Å². The zero-order valence-corrected chi connectivity index (χ0v) is 13.3. The first-order valence-electron chi connectivity index (χ1n) is 8.13. The molecule has 3 rings (SSSR count). The minimum atomic E-state index is -0.407. The normalized spacial score (nSPS) is 26.3. The second kappa shape index (κ2) is 6.41. The molecule has 7 heteroatoms. The van der Waals surface area contributed by atoms with Gasteiger partial charge in [0.2, 0.25) is 5.82 Å². The Hall–Kier alpha value is -1.73. The first kappa shape index (κ1) is 16.1. The van der Waals surface area contributed by atoms with E-state index in [2.05, 4.69) is 10.3 Å². The molecule has 126 valence electrons. The van der Waals surface area contributed by atoms with Gasteiger partial charge < -0.3 is 15.2 Å². The van der Waals surface area contributed by atoms with Crippen molar-refractivity contribution in [2.24, 2.45) is 11.3 Å². The van der Waals surface area contributed by atoms with Gasteiger partial charge in [-0.05, 0) is 38.7 Å². The Balaban J connectivity index is 1.68. The van der Waals surface area contributed by atoms with Gasteiger partial charge in [0.15, 0.2) is 0 Å². The fourth-order valence-corrected chi connectivity index (χ4v) is 3.95. The van der Waals surface area contributed by atoms with Crippen LogP contribution in [0.3, 0.4) is 0 Å². The zero-order chi connectivity index (χ0) is 16.4. The number of aryl methyl sites for hydroxylation is 1.